The predicted octanol–water partition coefficient (Wildman–Crippen LogP) is 1.20. The predicted molar refractivity (Wildman–Crippen MR) is 60.9 cm³/mol. The van der Waals surface area contributed by atoms with E-state index >= 15 is 0 Å². The van der Waals surface area contributed by atoms with Crippen molar-refractivity contribution in [3.63, 3.8) is 0 Å². The first-order valence-corrected chi connectivity index (χ1v) is 5.37. The van der Waals surface area contributed by atoms with Crippen LogP contribution >= 0.6 is 0 Å². The molecule has 17 heavy (non-hydrogen) atoms. The summed E-state index contributed by atoms with van der Waals surface area (Å²) >= 11 is 0. The van der Waals surface area contributed by atoms with Gasteiger partial charge in [0.1, 0.15) is 5.75 Å². The minimum Gasteiger partial charge on any atom is -0.497 e. The maximum absolute atomic E-state index is 8.74. The van der Waals surface area contributed by atoms with Crippen LogP contribution in [0.25, 0.3) is 0 Å². The zero-order valence-corrected chi connectivity index (χ0v) is 9.59. The Morgan fingerprint density at radius 2 is 2.29 bits per heavy atom. The van der Waals surface area contributed by atoms with Crippen LogP contribution in [-0.2, 0) is 12.8 Å². The Labute approximate surface area is 99.0 Å². The smallest absolute Gasteiger partial charge is 0.228 e. The van der Waals surface area contributed by atoms with Crippen LogP contribution in [0.2, 0.25) is 0 Å². The number of methoxy groups -OCH3 is 1. The first kappa shape index (κ1) is 11.6. The fourth-order valence-corrected chi connectivity index (χ4v) is 1.52. The van der Waals surface area contributed by atoms with Crippen molar-refractivity contribution in [2.45, 2.75) is 12.8 Å². The zero-order valence-electron chi connectivity index (χ0n) is 9.59. The highest BCUT2D eigenvalue weighted by Gasteiger charge is 2.06. The van der Waals surface area contributed by atoms with E-state index in [2.05, 4.69) is 10.1 Å². The monoisotopic (exact) mass is 234 g/mol. The summed E-state index contributed by atoms with van der Waals surface area (Å²) in [5.74, 6) is 1.88. The van der Waals surface area contributed by atoms with Crippen LogP contribution in [0.4, 0.5) is 0 Å². The molecule has 2 rings (SSSR count). The Morgan fingerprint density at radius 3 is 3.06 bits per heavy atom. The van der Waals surface area contributed by atoms with Crippen LogP contribution in [0.5, 0.6) is 5.75 Å². The second-order valence-electron chi connectivity index (χ2n) is 3.61. The number of ether oxygens (including phenoxy) is 1. The van der Waals surface area contributed by atoms with Crippen LogP contribution < -0.4 is 4.74 Å². The standard InChI is InChI=1S/C12H14N2O3/c1-16-10-4-2-3-9(7-10)8-11-13-12(5-6-15)17-14-11/h2-4,7,15H,5-6,8H2,1H3. The van der Waals surface area contributed by atoms with Crippen molar-refractivity contribution in [3.05, 3.63) is 41.5 Å². The Bertz CT molecular complexity index is 482. The second kappa shape index (κ2) is 5.45. The lowest BCUT2D eigenvalue weighted by Crippen LogP contribution is -1.94. The maximum atomic E-state index is 8.74. The van der Waals surface area contributed by atoms with Crippen molar-refractivity contribution in [1.29, 1.82) is 0 Å². The largest absolute Gasteiger partial charge is 0.497 e. The lowest BCUT2D eigenvalue weighted by atomic mass is 10.1. The molecule has 0 bridgehead atoms. The molecule has 5 nitrogen and oxygen atoms in total. The summed E-state index contributed by atoms with van der Waals surface area (Å²) in [6, 6.07) is 7.71. The van der Waals surface area contributed by atoms with E-state index in [0.717, 1.165) is 11.3 Å². The number of rotatable bonds is 5. The summed E-state index contributed by atoms with van der Waals surface area (Å²) in [6.07, 6.45) is 0.983. The van der Waals surface area contributed by atoms with Crippen molar-refractivity contribution in [3.8, 4) is 5.75 Å². The molecule has 2 aromatic rings. The molecule has 0 aliphatic rings. The van der Waals surface area contributed by atoms with Gasteiger partial charge in [0.25, 0.3) is 0 Å². The Balaban J connectivity index is 2.08. The summed E-state index contributed by atoms with van der Waals surface area (Å²) in [5, 5.41) is 12.6. The van der Waals surface area contributed by atoms with Gasteiger partial charge in [0.05, 0.1) is 20.1 Å². The molecular formula is C12H14N2O3. The van der Waals surface area contributed by atoms with Crippen molar-refractivity contribution in [1.82, 2.24) is 10.1 Å². The fraction of sp³-hybridized carbons (Fsp3) is 0.333. The molecule has 0 aliphatic heterocycles. The minimum absolute atomic E-state index is 0.0147. The molecule has 5 heteroatoms. The highest BCUT2D eigenvalue weighted by Crippen LogP contribution is 2.14. The molecule has 0 saturated heterocycles. The van der Waals surface area contributed by atoms with E-state index in [0.29, 0.717) is 24.6 Å². The average Bonchev–Trinajstić information content (AvgIpc) is 2.77. The van der Waals surface area contributed by atoms with Gasteiger partial charge in [-0.15, -0.1) is 0 Å². The van der Waals surface area contributed by atoms with Crippen molar-refractivity contribution in [2.75, 3.05) is 13.7 Å². The number of nitrogens with zero attached hydrogens (tertiary/aromatic N) is 2. The van der Waals surface area contributed by atoms with Crippen LogP contribution in [0, 0.1) is 0 Å². The van der Waals surface area contributed by atoms with Gasteiger partial charge in [0.15, 0.2) is 5.82 Å². The fourth-order valence-electron chi connectivity index (χ4n) is 1.52. The molecular weight excluding hydrogens is 220 g/mol. The molecule has 0 saturated carbocycles. The van der Waals surface area contributed by atoms with Crippen molar-refractivity contribution in [2.24, 2.45) is 0 Å². The highest BCUT2D eigenvalue weighted by atomic mass is 16.5. The first-order chi connectivity index (χ1) is 8.31. The van der Waals surface area contributed by atoms with Crippen LogP contribution in [-0.4, -0.2) is 29.0 Å². The van der Waals surface area contributed by atoms with Gasteiger partial charge in [-0.1, -0.05) is 17.3 Å². The molecule has 0 spiro atoms. The number of aliphatic hydroxyl groups is 1. The number of hydrogen-bond acceptors (Lipinski definition) is 5. The Hall–Kier alpha value is -1.88. The Kier molecular flexibility index (Phi) is 3.72. The molecule has 0 aliphatic carbocycles. The van der Waals surface area contributed by atoms with Gasteiger partial charge in [0, 0.05) is 6.42 Å². The van der Waals surface area contributed by atoms with Gasteiger partial charge < -0.3 is 14.4 Å². The summed E-state index contributed by atoms with van der Waals surface area (Å²) in [5.41, 5.74) is 1.06. The normalized spacial score (nSPS) is 10.5. The van der Waals surface area contributed by atoms with E-state index in [1.54, 1.807) is 7.11 Å². The molecule has 0 atom stereocenters. The molecule has 1 aromatic heterocycles. The maximum Gasteiger partial charge on any atom is 0.228 e. The first-order valence-electron chi connectivity index (χ1n) is 5.37. The number of benzene rings is 1. The third kappa shape index (κ3) is 3.04. The van der Waals surface area contributed by atoms with Crippen molar-refractivity contribution >= 4 is 0 Å². The van der Waals surface area contributed by atoms with E-state index in [9.17, 15) is 0 Å². The molecule has 1 N–H and O–H groups in total. The van der Waals surface area contributed by atoms with E-state index in [4.69, 9.17) is 14.4 Å². The zero-order chi connectivity index (χ0) is 12.1. The SMILES string of the molecule is COc1cccc(Cc2noc(CCO)n2)c1. The highest BCUT2D eigenvalue weighted by molar-refractivity contribution is 5.29. The van der Waals surface area contributed by atoms with E-state index in [-0.39, 0.29) is 6.61 Å². The Morgan fingerprint density at radius 1 is 1.41 bits per heavy atom. The van der Waals surface area contributed by atoms with E-state index < -0.39 is 0 Å². The molecule has 0 unspecified atom stereocenters. The molecule has 0 amide bonds. The summed E-state index contributed by atoms with van der Waals surface area (Å²) < 4.78 is 10.1. The third-order valence-corrected chi connectivity index (χ3v) is 2.33. The van der Waals surface area contributed by atoms with Gasteiger partial charge in [-0.3, -0.25) is 0 Å². The molecule has 0 fully saturated rings. The lowest BCUT2D eigenvalue weighted by Gasteiger charge is -2.01. The lowest BCUT2D eigenvalue weighted by molar-refractivity contribution is 0.274. The minimum atomic E-state index is 0.0147. The molecule has 0 radical (unpaired) electrons. The number of aliphatic hydroxyl groups excluding tert-OH is 1. The van der Waals surface area contributed by atoms with Gasteiger partial charge in [-0.05, 0) is 17.7 Å². The van der Waals surface area contributed by atoms with Gasteiger partial charge in [-0.25, -0.2) is 0 Å². The summed E-state index contributed by atoms with van der Waals surface area (Å²) in [6.45, 7) is 0.0147. The van der Waals surface area contributed by atoms with Crippen LogP contribution in [0.3, 0.4) is 0 Å². The van der Waals surface area contributed by atoms with Crippen LogP contribution in [0.1, 0.15) is 17.3 Å². The second-order valence-corrected chi connectivity index (χ2v) is 3.61. The quantitative estimate of drug-likeness (QED) is 0.842. The third-order valence-electron chi connectivity index (χ3n) is 2.33. The van der Waals surface area contributed by atoms with Crippen LogP contribution in [0.15, 0.2) is 28.8 Å². The topological polar surface area (TPSA) is 68.4 Å². The van der Waals surface area contributed by atoms with E-state index in [1.807, 2.05) is 24.3 Å². The number of hydrogen-bond donors (Lipinski definition) is 1. The van der Waals surface area contributed by atoms with Crippen molar-refractivity contribution < 1.29 is 14.4 Å². The summed E-state index contributed by atoms with van der Waals surface area (Å²) in [7, 11) is 1.63. The van der Waals surface area contributed by atoms with Gasteiger partial charge in [-0.2, -0.15) is 4.98 Å². The van der Waals surface area contributed by atoms with Gasteiger partial charge in [0.2, 0.25) is 5.89 Å². The number of aromatic nitrogens is 2. The molecule has 1 aromatic carbocycles. The van der Waals surface area contributed by atoms with Gasteiger partial charge >= 0.3 is 0 Å². The average molecular weight is 234 g/mol. The van der Waals surface area contributed by atoms with E-state index in [1.165, 1.54) is 0 Å². The molecule has 1 heterocycles. The summed E-state index contributed by atoms with van der Waals surface area (Å²) in [4.78, 5) is 4.17. The molecule has 90 valence electrons.